The second kappa shape index (κ2) is 4.97. The molecule has 2 N–H and O–H groups in total. The molecule has 0 bridgehead atoms. The molecule has 4 heteroatoms. The Bertz CT molecular complexity index is 329. The van der Waals surface area contributed by atoms with Gasteiger partial charge in [-0.1, -0.05) is 12.8 Å². The van der Waals surface area contributed by atoms with Crippen LogP contribution < -0.4 is 5.73 Å². The molecule has 0 unspecified atom stereocenters. The van der Waals surface area contributed by atoms with Crippen molar-refractivity contribution in [2.24, 2.45) is 12.8 Å². The Hall–Kier alpha value is -0.870. The van der Waals surface area contributed by atoms with Crippen LogP contribution in [0.1, 0.15) is 31.4 Å². The van der Waals surface area contributed by atoms with Crippen LogP contribution in [-0.2, 0) is 18.2 Å². The lowest BCUT2D eigenvalue weighted by Gasteiger charge is -2.23. The minimum absolute atomic E-state index is 0.0491. The molecule has 1 heterocycles. The van der Waals surface area contributed by atoms with Gasteiger partial charge in [0.1, 0.15) is 0 Å². The summed E-state index contributed by atoms with van der Waals surface area (Å²) in [7, 11) is 1.96. The van der Waals surface area contributed by atoms with E-state index in [1.165, 1.54) is 18.5 Å². The Morgan fingerprint density at radius 2 is 2.25 bits per heavy atom. The first kappa shape index (κ1) is 11.6. The molecular weight excluding hydrogens is 202 g/mol. The molecule has 1 aliphatic rings. The van der Waals surface area contributed by atoms with Crippen LogP contribution in [0.3, 0.4) is 0 Å². The summed E-state index contributed by atoms with van der Waals surface area (Å²) in [6.45, 7) is 1.43. The topological polar surface area (TPSA) is 53.1 Å². The molecule has 1 aromatic rings. The zero-order chi connectivity index (χ0) is 11.4. The summed E-state index contributed by atoms with van der Waals surface area (Å²) in [5.41, 5.74) is 7.36. The maximum atomic E-state index is 6.21. The summed E-state index contributed by atoms with van der Waals surface area (Å²) in [5.74, 6) is 0. The van der Waals surface area contributed by atoms with Crippen LogP contribution in [0.4, 0.5) is 0 Å². The summed E-state index contributed by atoms with van der Waals surface area (Å²) in [6, 6.07) is 2.02. The number of aryl methyl sites for hydroxylation is 1. The molecule has 0 saturated heterocycles. The first-order chi connectivity index (χ1) is 7.70. The molecule has 1 aromatic heterocycles. The summed E-state index contributed by atoms with van der Waals surface area (Å²) in [6.07, 6.45) is 7.45. The smallest absolute Gasteiger partial charge is 0.0646 e. The minimum Gasteiger partial charge on any atom is -0.379 e. The van der Waals surface area contributed by atoms with Gasteiger partial charge in [0, 0.05) is 30.9 Å². The highest BCUT2D eigenvalue weighted by atomic mass is 16.5. The van der Waals surface area contributed by atoms with E-state index in [9.17, 15) is 0 Å². The lowest BCUT2D eigenvalue weighted by molar-refractivity contribution is 0.0882. The van der Waals surface area contributed by atoms with Crippen molar-refractivity contribution >= 4 is 0 Å². The molecule has 0 aromatic carbocycles. The molecule has 4 nitrogen and oxygen atoms in total. The molecule has 16 heavy (non-hydrogen) atoms. The molecular formula is C12H21N3O. The fourth-order valence-electron chi connectivity index (χ4n) is 2.32. The minimum atomic E-state index is -0.0491. The SMILES string of the molecule is Cn1nccc1CCOCC1(N)CCCC1. The predicted octanol–water partition coefficient (Wildman–Crippen LogP) is 1.25. The number of rotatable bonds is 5. The second-order valence-corrected chi connectivity index (χ2v) is 4.82. The zero-order valence-electron chi connectivity index (χ0n) is 9.98. The zero-order valence-corrected chi connectivity index (χ0v) is 9.98. The van der Waals surface area contributed by atoms with Gasteiger partial charge < -0.3 is 10.5 Å². The van der Waals surface area contributed by atoms with Crippen LogP contribution in [0.15, 0.2) is 12.3 Å². The van der Waals surface area contributed by atoms with E-state index < -0.39 is 0 Å². The lowest BCUT2D eigenvalue weighted by Crippen LogP contribution is -2.41. The van der Waals surface area contributed by atoms with Gasteiger partial charge >= 0.3 is 0 Å². The van der Waals surface area contributed by atoms with Gasteiger partial charge in [-0.15, -0.1) is 0 Å². The predicted molar refractivity (Wildman–Crippen MR) is 63.1 cm³/mol. The van der Waals surface area contributed by atoms with Crippen LogP contribution >= 0.6 is 0 Å². The molecule has 0 amide bonds. The van der Waals surface area contributed by atoms with Gasteiger partial charge in [-0.3, -0.25) is 4.68 Å². The molecule has 2 rings (SSSR count). The van der Waals surface area contributed by atoms with Crippen LogP contribution in [0.5, 0.6) is 0 Å². The maximum absolute atomic E-state index is 6.21. The van der Waals surface area contributed by atoms with Gasteiger partial charge in [0.05, 0.1) is 13.2 Å². The van der Waals surface area contributed by atoms with Crippen molar-refractivity contribution in [3.8, 4) is 0 Å². The highest BCUT2D eigenvalue weighted by Gasteiger charge is 2.29. The van der Waals surface area contributed by atoms with Gasteiger partial charge in [-0.2, -0.15) is 5.10 Å². The van der Waals surface area contributed by atoms with Crippen molar-refractivity contribution in [3.05, 3.63) is 18.0 Å². The van der Waals surface area contributed by atoms with E-state index in [2.05, 4.69) is 5.10 Å². The first-order valence-electron chi connectivity index (χ1n) is 6.03. The summed E-state index contributed by atoms with van der Waals surface area (Å²) in [5, 5.41) is 4.12. The molecule has 1 saturated carbocycles. The fourth-order valence-corrected chi connectivity index (χ4v) is 2.32. The van der Waals surface area contributed by atoms with E-state index in [1.54, 1.807) is 0 Å². The number of nitrogens with zero attached hydrogens (tertiary/aromatic N) is 2. The molecule has 0 spiro atoms. The molecule has 0 radical (unpaired) electrons. The summed E-state index contributed by atoms with van der Waals surface area (Å²) >= 11 is 0. The van der Waals surface area contributed by atoms with E-state index in [-0.39, 0.29) is 5.54 Å². The number of hydrogen-bond donors (Lipinski definition) is 1. The van der Waals surface area contributed by atoms with Crippen molar-refractivity contribution in [1.29, 1.82) is 0 Å². The number of aromatic nitrogens is 2. The average Bonchev–Trinajstić information content (AvgIpc) is 2.84. The van der Waals surface area contributed by atoms with Crippen LogP contribution in [0, 0.1) is 0 Å². The largest absolute Gasteiger partial charge is 0.379 e. The van der Waals surface area contributed by atoms with Crippen LogP contribution in [0.25, 0.3) is 0 Å². The van der Waals surface area contributed by atoms with Crippen molar-refractivity contribution < 1.29 is 4.74 Å². The Balaban J connectivity index is 1.67. The second-order valence-electron chi connectivity index (χ2n) is 4.82. The van der Waals surface area contributed by atoms with E-state index in [0.29, 0.717) is 6.61 Å². The van der Waals surface area contributed by atoms with Gasteiger partial charge in [0.25, 0.3) is 0 Å². The number of nitrogens with two attached hydrogens (primary N) is 1. The Morgan fingerprint density at radius 1 is 1.50 bits per heavy atom. The quantitative estimate of drug-likeness (QED) is 0.764. The van der Waals surface area contributed by atoms with Crippen LogP contribution in [-0.4, -0.2) is 28.5 Å². The van der Waals surface area contributed by atoms with Gasteiger partial charge in [-0.05, 0) is 18.9 Å². The fraction of sp³-hybridized carbons (Fsp3) is 0.750. The Labute approximate surface area is 96.8 Å². The van der Waals surface area contributed by atoms with Crippen molar-refractivity contribution in [2.45, 2.75) is 37.6 Å². The van der Waals surface area contributed by atoms with E-state index in [4.69, 9.17) is 10.5 Å². The van der Waals surface area contributed by atoms with Crippen molar-refractivity contribution in [3.63, 3.8) is 0 Å². The monoisotopic (exact) mass is 223 g/mol. The highest BCUT2D eigenvalue weighted by molar-refractivity contribution is 4.99. The summed E-state index contributed by atoms with van der Waals surface area (Å²) in [4.78, 5) is 0. The maximum Gasteiger partial charge on any atom is 0.0646 e. The number of ether oxygens (including phenoxy) is 1. The normalized spacial score (nSPS) is 19.1. The van der Waals surface area contributed by atoms with Crippen molar-refractivity contribution in [1.82, 2.24) is 9.78 Å². The molecule has 1 aliphatic carbocycles. The third-order valence-corrected chi connectivity index (χ3v) is 3.41. The molecule has 90 valence electrons. The van der Waals surface area contributed by atoms with Crippen molar-refractivity contribution in [2.75, 3.05) is 13.2 Å². The van der Waals surface area contributed by atoms with Crippen LogP contribution in [0.2, 0.25) is 0 Å². The Kier molecular flexibility index (Phi) is 3.61. The van der Waals surface area contributed by atoms with E-state index in [0.717, 1.165) is 25.9 Å². The third-order valence-electron chi connectivity index (χ3n) is 3.41. The van der Waals surface area contributed by atoms with Gasteiger partial charge in [0.15, 0.2) is 0 Å². The van der Waals surface area contributed by atoms with Gasteiger partial charge in [-0.25, -0.2) is 0 Å². The highest BCUT2D eigenvalue weighted by Crippen LogP contribution is 2.27. The lowest BCUT2D eigenvalue weighted by atomic mass is 10.0. The Morgan fingerprint density at radius 3 is 2.88 bits per heavy atom. The third kappa shape index (κ3) is 2.83. The first-order valence-corrected chi connectivity index (χ1v) is 6.03. The standard InChI is InChI=1S/C12H21N3O/c1-15-11(4-8-14-15)5-9-16-10-12(13)6-2-3-7-12/h4,8H,2-3,5-7,9-10,13H2,1H3. The van der Waals surface area contributed by atoms with E-state index >= 15 is 0 Å². The summed E-state index contributed by atoms with van der Waals surface area (Å²) < 4.78 is 7.57. The number of hydrogen-bond acceptors (Lipinski definition) is 3. The molecule has 0 aliphatic heterocycles. The van der Waals surface area contributed by atoms with Gasteiger partial charge in [0.2, 0.25) is 0 Å². The average molecular weight is 223 g/mol. The molecule has 0 atom stereocenters. The molecule has 1 fully saturated rings. The van der Waals surface area contributed by atoms with E-state index in [1.807, 2.05) is 24.0 Å².